The molecule has 2 rings (SSSR count). The van der Waals surface area contributed by atoms with Crippen LogP contribution < -0.4 is 11.1 Å². The summed E-state index contributed by atoms with van der Waals surface area (Å²) in [6, 6.07) is 7.01. The van der Waals surface area contributed by atoms with Gasteiger partial charge in [0, 0.05) is 38.2 Å². The Labute approximate surface area is 160 Å². The zero-order chi connectivity index (χ0) is 18.1. The molecule has 1 aliphatic rings. The van der Waals surface area contributed by atoms with Crippen LogP contribution in [-0.2, 0) is 4.79 Å². The molecule has 26 heavy (non-hydrogen) atoms. The van der Waals surface area contributed by atoms with Crippen molar-refractivity contribution in [1.29, 1.82) is 0 Å². The molecule has 0 aliphatic carbocycles. The molecule has 1 heterocycles. The predicted molar refractivity (Wildman–Crippen MR) is 105 cm³/mol. The Kier molecular flexibility index (Phi) is 9.87. The zero-order valence-corrected chi connectivity index (χ0v) is 15.6. The Bertz CT molecular complexity index is 624. The summed E-state index contributed by atoms with van der Waals surface area (Å²) in [5.41, 5.74) is 6.11. The molecule has 7 nitrogen and oxygen atoms in total. The van der Waals surface area contributed by atoms with Gasteiger partial charge >= 0.3 is 0 Å². The van der Waals surface area contributed by atoms with E-state index in [0.29, 0.717) is 37.7 Å². The molecule has 144 valence electrons. The topological polar surface area (TPSA) is 102 Å². The van der Waals surface area contributed by atoms with Gasteiger partial charge in [0.25, 0.3) is 5.69 Å². The Morgan fingerprint density at radius 1 is 1.38 bits per heavy atom. The molecule has 0 bridgehead atoms. The number of nitrogens with two attached hydrogens (primary N) is 1. The van der Waals surface area contributed by atoms with E-state index in [0.717, 1.165) is 25.8 Å². The van der Waals surface area contributed by atoms with Crippen LogP contribution in [-0.4, -0.2) is 48.0 Å². The van der Waals surface area contributed by atoms with Gasteiger partial charge in [-0.05, 0) is 25.5 Å². The van der Waals surface area contributed by atoms with Crippen molar-refractivity contribution in [2.24, 2.45) is 5.73 Å². The highest BCUT2D eigenvalue weighted by molar-refractivity contribution is 5.85. The lowest BCUT2D eigenvalue weighted by Gasteiger charge is -2.35. The molecule has 1 unspecified atom stereocenters. The quantitative estimate of drug-likeness (QED) is 0.530. The van der Waals surface area contributed by atoms with Crippen LogP contribution in [0.4, 0.5) is 5.69 Å². The van der Waals surface area contributed by atoms with Crippen molar-refractivity contribution in [3.05, 3.63) is 46.0 Å². The average Bonchev–Trinajstić information content (AvgIpc) is 2.61. The zero-order valence-electron chi connectivity index (χ0n) is 14.8. The molecular weight excluding hydrogens is 356 g/mol. The van der Waals surface area contributed by atoms with E-state index in [2.05, 4.69) is 10.2 Å². The van der Waals surface area contributed by atoms with Gasteiger partial charge in [0.1, 0.15) is 0 Å². The Balaban J connectivity index is 0.00000338. The van der Waals surface area contributed by atoms with Crippen LogP contribution in [0.2, 0.25) is 0 Å². The fraction of sp³-hybridized carbons (Fsp3) is 0.500. The van der Waals surface area contributed by atoms with Crippen LogP contribution in [0.3, 0.4) is 0 Å². The maximum absolute atomic E-state index is 11.6. The van der Waals surface area contributed by atoms with Gasteiger partial charge in [-0.15, -0.1) is 12.4 Å². The first-order valence-electron chi connectivity index (χ1n) is 8.72. The van der Waals surface area contributed by atoms with Gasteiger partial charge < -0.3 is 11.1 Å². The number of amides is 1. The van der Waals surface area contributed by atoms with Crippen molar-refractivity contribution >= 4 is 30.1 Å². The van der Waals surface area contributed by atoms with Crippen molar-refractivity contribution in [2.45, 2.75) is 31.7 Å². The fourth-order valence-electron chi connectivity index (χ4n) is 3.09. The maximum Gasteiger partial charge on any atom is 0.276 e. The van der Waals surface area contributed by atoms with Crippen molar-refractivity contribution in [3.63, 3.8) is 0 Å². The lowest BCUT2D eigenvalue weighted by atomic mass is 10.0. The molecule has 1 aromatic carbocycles. The van der Waals surface area contributed by atoms with Gasteiger partial charge in [-0.2, -0.15) is 0 Å². The number of piperidine rings is 1. The summed E-state index contributed by atoms with van der Waals surface area (Å²) in [5, 5.41) is 14.0. The van der Waals surface area contributed by atoms with E-state index < -0.39 is 0 Å². The summed E-state index contributed by atoms with van der Waals surface area (Å²) < 4.78 is 0. The molecule has 0 spiro atoms. The van der Waals surface area contributed by atoms with Crippen LogP contribution in [0.25, 0.3) is 6.08 Å². The summed E-state index contributed by atoms with van der Waals surface area (Å²) in [6.07, 6.45) is 7.44. The third kappa shape index (κ3) is 6.74. The number of para-hydroxylation sites is 1. The summed E-state index contributed by atoms with van der Waals surface area (Å²) in [7, 11) is 0. The van der Waals surface area contributed by atoms with Crippen LogP contribution in [0.15, 0.2) is 30.3 Å². The molecule has 3 N–H and O–H groups in total. The first kappa shape index (κ1) is 22.1. The number of halogens is 1. The summed E-state index contributed by atoms with van der Waals surface area (Å²) >= 11 is 0. The number of hydrogen-bond acceptors (Lipinski definition) is 5. The van der Waals surface area contributed by atoms with Gasteiger partial charge in [0.05, 0.1) is 10.5 Å². The summed E-state index contributed by atoms with van der Waals surface area (Å²) in [6.45, 7) is 2.67. The van der Waals surface area contributed by atoms with Gasteiger partial charge in [-0.1, -0.05) is 30.7 Å². The minimum absolute atomic E-state index is 0. The molecule has 1 aliphatic heterocycles. The van der Waals surface area contributed by atoms with Crippen molar-refractivity contribution < 1.29 is 9.72 Å². The minimum atomic E-state index is -0.365. The van der Waals surface area contributed by atoms with Crippen LogP contribution in [0.1, 0.15) is 31.2 Å². The molecule has 1 amide bonds. The second-order valence-corrected chi connectivity index (χ2v) is 6.21. The number of nitrogens with one attached hydrogen (secondary N) is 1. The van der Waals surface area contributed by atoms with Gasteiger partial charge in [-0.3, -0.25) is 19.8 Å². The highest BCUT2D eigenvalue weighted by Gasteiger charge is 2.21. The van der Waals surface area contributed by atoms with Gasteiger partial charge in [-0.25, -0.2) is 0 Å². The molecule has 1 aromatic rings. The van der Waals surface area contributed by atoms with Crippen LogP contribution >= 0.6 is 12.4 Å². The fourth-order valence-corrected chi connectivity index (χ4v) is 3.09. The molecule has 8 heteroatoms. The highest BCUT2D eigenvalue weighted by atomic mass is 35.5. The first-order valence-corrected chi connectivity index (χ1v) is 8.72. The number of carbonyl (C=O) groups is 1. The molecule has 0 saturated carbocycles. The molecule has 1 fully saturated rings. The van der Waals surface area contributed by atoms with Crippen LogP contribution in [0.5, 0.6) is 0 Å². The van der Waals surface area contributed by atoms with Crippen molar-refractivity contribution in [1.82, 2.24) is 10.2 Å². The van der Waals surface area contributed by atoms with E-state index in [1.165, 1.54) is 6.07 Å². The van der Waals surface area contributed by atoms with E-state index in [1.807, 2.05) is 6.08 Å². The number of benzene rings is 1. The van der Waals surface area contributed by atoms with E-state index in [9.17, 15) is 14.9 Å². The molecule has 1 saturated heterocycles. The third-order valence-electron chi connectivity index (χ3n) is 4.43. The van der Waals surface area contributed by atoms with Crippen LogP contribution in [0, 0.1) is 10.1 Å². The highest BCUT2D eigenvalue weighted by Crippen LogP contribution is 2.20. The van der Waals surface area contributed by atoms with E-state index in [4.69, 9.17) is 5.73 Å². The lowest BCUT2D eigenvalue weighted by molar-refractivity contribution is -0.385. The number of rotatable bonds is 8. The molecule has 1 atom stereocenters. The Morgan fingerprint density at radius 3 is 2.88 bits per heavy atom. The predicted octanol–water partition coefficient (Wildman–Crippen LogP) is 2.35. The average molecular weight is 383 g/mol. The Hall–Kier alpha value is -1.96. The number of hydrogen-bond donors (Lipinski definition) is 2. The first-order chi connectivity index (χ1) is 12.1. The second kappa shape index (κ2) is 11.6. The van der Waals surface area contributed by atoms with E-state index in [1.54, 1.807) is 24.3 Å². The van der Waals surface area contributed by atoms with E-state index in [-0.39, 0.29) is 28.9 Å². The number of nitro groups is 1. The number of nitro benzene ring substituents is 1. The second-order valence-electron chi connectivity index (χ2n) is 6.21. The number of likely N-dealkylation sites (tertiary alicyclic amines) is 1. The van der Waals surface area contributed by atoms with Crippen molar-refractivity contribution in [2.75, 3.05) is 26.2 Å². The number of carbonyl (C=O) groups excluding carboxylic acids is 1. The number of nitrogens with zero attached hydrogens (tertiary/aromatic N) is 2. The maximum atomic E-state index is 11.6. The van der Waals surface area contributed by atoms with E-state index >= 15 is 0 Å². The Morgan fingerprint density at radius 2 is 2.15 bits per heavy atom. The standard InChI is InChI=1S/C18H26N4O3.ClH/c19-11-10-18(23)20-14-16-8-3-4-12-21(16)13-5-7-15-6-1-2-9-17(15)22(24)25;/h1-2,5-7,9,16H,3-4,8,10-14,19H2,(H,20,23);1H/b7-5+;. The van der Waals surface area contributed by atoms with Gasteiger partial charge in [0.15, 0.2) is 0 Å². The van der Waals surface area contributed by atoms with Crippen molar-refractivity contribution in [3.8, 4) is 0 Å². The molecule has 0 aromatic heterocycles. The normalized spacial score (nSPS) is 17.7. The van der Waals surface area contributed by atoms with Gasteiger partial charge in [0.2, 0.25) is 5.91 Å². The monoisotopic (exact) mass is 382 g/mol. The summed E-state index contributed by atoms with van der Waals surface area (Å²) in [5.74, 6) is -0.0107. The smallest absolute Gasteiger partial charge is 0.276 e. The minimum Gasteiger partial charge on any atom is -0.354 e. The molecule has 0 radical (unpaired) electrons. The largest absolute Gasteiger partial charge is 0.354 e. The summed E-state index contributed by atoms with van der Waals surface area (Å²) in [4.78, 5) is 24.6. The molecular formula is C18H27ClN4O3. The third-order valence-corrected chi connectivity index (χ3v) is 4.43. The lowest BCUT2D eigenvalue weighted by Crippen LogP contribution is -2.46. The SMILES string of the molecule is Cl.NCCC(=O)NCC1CCCCN1C/C=C/c1ccccc1[N+](=O)[O-].